The van der Waals surface area contributed by atoms with Gasteiger partial charge < -0.3 is 9.47 Å². The molecule has 0 amide bonds. The molecular weight excluding hydrogens is 413 g/mol. The van der Waals surface area contributed by atoms with Crippen molar-refractivity contribution in [3.05, 3.63) is 23.3 Å². The molecule has 4 rings (SSSR count). The molecule has 0 saturated heterocycles. The fraction of sp³-hybridized carbons (Fsp3) is 0.778. The van der Waals surface area contributed by atoms with E-state index in [0.29, 0.717) is 17.6 Å². The number of halogens is 3. The van der Waals surface area contributed by atoms with Gasteiger partial charge in [0.25, 0.3) is 0 Å². The highest BCUT2D eigenvalue weighted by Crippen LogP contribution is 2.47. The second kappa shape index (κ2) is 10.3. The van der Waals surface area contributed by atoms with Crippen LogP contribution in [-0.2, 0) is 6.42 Å². The van der Waals surface area contributed by atoms with E-state index in [1.54, 1.807) is 6.07 Å². The molecular formula is C27H39F3O2. The summed E-state index contributed by atoms with van der Waals surface area (Å²) in [4.78, 5) is 0. The maximum Gasteiger partial charge on any atom is 0.573 e. The van der Waals surface area contributed by atoms with Crippen LogP contribution >= 0.6 is 0 Å². The van der Waals surface area contributed by atoms with E-state index in [4.69, 9.17) is 4.74 Å². The Bertz CT molecular complexity index is 744. The van der Waals surface area contributed by atoms with Gasteiger partial charge in [0.2, 0.25) is 0 Å². The molecule has 2 saturated carbocycles. The number of benzene rings is 1. The average Bonchev–Trinajstić information content (AvgIpc) is 2.78. The Hall–Kier alpha value is -1.39. The first kappa shape index (κ1) is 23.8. The number of aryl methyl sites for hydroxylation is 1. The summed E-state index contributed by atoms with van der Waals surface area (Å²) in [5.41, 5.74) is 1.90. The molecule has 5 heteroatoms. The van der Waals surface area contributed by atoms with Crippen LogP contribution in [0.3, 0.4) is 0 Å². The number of alkyl halides is 3. The van der Waals surface area contributed by atoms with Crippen molar-refractivity contribution >= 4 is 0 Å². The molecule has 1 heterocycles. The minimum absolute atomic E-state index is 0.00576. The molecule has 1 unspecified atom stereocenters. The summed E-state index contributed by atoms with van der Waals surface area (Å²) in [6.45, 7) is 4.46. The maximum absolute atomic E-state index is 13.3. The first-order valence-electron chi connectivity index (χ1n) is 13.0. The van der Waals surface area contributed by atoms with E-state index >= 15 is 0 Å². The molecule has 1 atom stereocenters. The van der Waals surface area contributed by atoms with Gasteiger partial charge in [-0.25, -0.2) is 0 Å². The smallest absolute Gasteiger partial charge is 0.486 e. The third kappa shape index (κ3) is 5.75. The van der Waals surface area contributed by atoms with Crippen LogP contribution in [0.25, 0.3) is 0 Å². The van der Waals surface area contributed by atoms with Crippen molar-refractivity contribution in [3.63, 3.8) is 0 Å². The number of hydrogen-bond donors (Lipinski definition) is 0. The Morgan fingerprint density at radius 3 is 2.22 bits per heavy atom. The maximum atomic E-state index is 13.3. The van der Waals surface area contributed by atoms with E-state index in [1.807, 2.05) is 0 Å². The van der Waals surface area contributed by atoms with Crippen LogP contribution in [0.1, 0.15) is 108 Å². The van der Waals surface area contributed by atoms with Crippen LogP contribution in [-0.4, -0.2) is 12.5 Å². The van der Waals surface area contributed by atoms with Crippen LogP contribution in [0, 0.1) is 17.8 Å². The molecule has 2 nitrogen and oxygen atoms in total. The van der Waals surface area contributed by atoms with Gasteiger partial charge in [-0.1, -0.05) is 52.0 Å². The SMILES string of the molecule is CCCC1CCC(c2cc3c(c(OC(F)(F)F)c2)OC(C2CCC(CC)CC2)CC3)CC1. The van der Waals surface area contributed by atoms with Crippen molar-refractivity contribution < 1.29 is 22.6 Å². The summed E-state index contributed by atoms with van der Waals surface area (Å²) in [5, 5.41) is 0. The second-order valence-corrected chi connectivity index (χ2v) is 10.4. The standard InChI is InChI=1S/C27H39F3O2/c1-3-5-19-8-10-20(11-9-19)23-16-22-14-15-24(21-12-6-18(4-2)7-13-21)31-26(22)25(17-23)32-27(28,29)30/h16-21,24H,3-15H2,1-2H3. The van der Waals surface area contributed by atoms with Gasteiger partial charge in [0, 0.05) is 0 Å². The van der Waals surface area contributed by atoms with Gasteiger partial charge in [-0.2, -0.15) is 0 Å². The molecule has 1 aromatic rings. The summed E-state index contributed by atoms with van der Waals surface area (Å²) in [6.07, 6.45) is 9.75. The predicted octanol–water partition coefficient (Wildman–Crippen LogP) is 8.57. The lowest BCUT2D eigenvalue weighted by atomic mass is 9.75. The Balaban J connectivity index is 1.52. The van der Waals surface area contributed by atoms with Crippen molar-refractivity contribution in [3.8, 4) is 11.5 Å². The zero-order valence-electron chi connectivity index (χ0n) is 19.7. The number of hydrogen-bond acceptors (Lipinski definition) is 2. The Labute approximate surface area is 191 Å². The molecule has 1 aliphatic heterocycles. The molecule has 0 spiro atoms. The first-order chi connectivity index (χ1) is 15.4. The fourth-order valence-electron chi connectivity index (χ4n) is 6.44. The Kier molecular flexibility index (Phi) is 7.62. The average molecular weight is 453 g/mol. The van der Waals surface area contributed by atoms with E-state index in [-0.39, 0.29) is 11.9 Å². The van der Waals surface area contributed by atoms with Gasteiger partial charge >= 0.3 is 6.36 Å². The monoisotopic (exact) mass is 452 g/mol. The molecule has 0 radical (unpaired) electrons. The van der Waals surface area contributed by atoms with E-state index in [2.05, 4.69) is 24.7 Å². The molecule has 1 aromatic carbocycles. The van der Waals surface area contributed by atoms with Gasteiger partial charge in [-0.3, -0.25) is 0 Å². The third-order valence-electron chi connectivity index (χ3n) is 8.36. The Morgan fingerprint density at radius 2 is 1.59 bits per heavy atom. The highest BCUT2D eigenvalue weighted by atomic mass is 19.4. The summed E-state index contributed by atoms with van der Waals surface area (Å²) < 4.78 is 50.7. The van der Waals surface area contributed by atoms with Crippen LogP contribution in [0.15, 0.2) is 12.1 Å². The van der Waals surface area contributed by atoms with Crippen LogP contribution < -0.4 is 9.47 Å². The molecule has 2 fully saturated rings. The summed E-state index contributed by atoms with van der Waals surface area (Å²) in [6, 6.07) is 3.75. The van der Waals surface area contributed by atoms with Crippen LogP contribution in [0.5, 0.6) is 11.5 Å². The molecule has 0 N–H and O–H groups in total. The predicted molar refractivity (Wildman–Crippen MR) is 121 cm³/mol. The number of ether oxygens (including phenoxy) is 2. The zero-order valence-corrected chi connectivity index (χ0v) is 19.7. The van der Waals surface area contributed by atoms with Crippen molar-refractivity contribution in [2.75, 3.05) is 0 Å². The lowest BCUT2D eigenvalue weighted by molar-refractivity contribution is -0.275. The minimum Gasteiger partial charge on any atom is -0.486 e. The third-order valence-corrected chi connectivity index (χ3v) is 8.36. The van der Waals surface area contributed by atoms with Gasteiger partial charge in [-0.15, -0.1) is 13.2 Å². The topological polar surface area (TPSA) is 18.5 Å². The largest absolute Gasteiger partial charge is 0.573 e. The van der Waals surface area contributed by atoms with Gasteiger partial charge in [-0.05, 0) is 92.2 Å². The van der Waals surface area contributed by atoms with Crippen molar-refractivity contribution in [2.24, 2.45) is 17.8 Å². The van der Waals surface area contributed by atoms with Crippen molar-refractivity contribution in [2.45, 2.75) is 116 Å². The molecule has 32 heavy (non-hydrogen) atoms. The lowest BCUT2D eigenvalue weighted by Crippen LogP contribution is -2.34. The summed E-state index contributed by atoms with van der Waals surface area (Å²) in [7, 11) is 0. The lowest BCUT2D eigenvalue weighted by Gasteiger charge is -2.37. The van der Waals surface area contributed by atoms with Crippen molar-refractivity contribution in [1.82, 2.24) is 0 Å². The fourth-order valence-corrected chi connectivity index (χ4v) is 6.44. The number of rotatable bonds is 6. The summed E-state index contributed by atoms with van der Waals surface area (Å²) >= 11 is 0. The van der Waals surface area contributed by atoms with E-state index < -0.39 is 6.36 Å². The van der Waals surface area contributed by atoms with Gasteiger partial charge in [0.15, 0.2) is 11.5 Å². The first-order valence-corrected chi connectivity index (χ1v) is 13.0. The Morgan fingerprint density at radius 1 is 0.906 bits per heavy atom. The van der Waals surface area contributed by atoms with Crippen LogP contribution in [0.4, 0.5) is 13.2 Å². The molecule has 2 aliphatic carbocycles. The second-order valence-electron chi connectivity index (χ2n) is 10.4. The molecule has 180 valence electrons. The van der Waals surface area contributed by atoms with Crippen molar-refractivity contribution in [1.29, 1.82) is 0 Å². The molecule has 3 aliphatic rings. The molecule has 0 aromatic heterocycles. The highest BCUT2D eigenvalue weighted by Gasteiger charge is 2.37. The zero-order chi connectivity index (χ0) is 22.7. The molecule has 0 bridgehead atoms. The quantitative estimate of drug-likeness (QED) is 0.430. The normalized spacial score (nSPS) is 31.0. The van der Waals surface area contributed by atoms with E-state index in [0.717, 1.165) is 61.5 Å². The van der Waals surface area contributed by atoms with E-state index in [1.165, 1.54) is 44.9 Å². The summed E-state index contributed by atoms with van der Waals surface area (Å²) in [5.74, 6) is 2.56. The number of fused-ring (bicyclic) bond motifs is 1. The highest BCUT2D eigenvalue weighted by molar-refractivity contribution is 5.51. The van der Waals surface area contributed by atoms with Crippen LogP contribution in [0.2, 0.25) is 0 Å². The minimum atomic E-state index is -4.71. The van der Waals surface area contributed by atoms with Gasteiger partial charge in [0.05, 0.1) is 0 Å². The van der Waals surface area contributed by atoms with E-state index in [9.17, 15) is 13.2 Å². The van der Waals surface area contributed by atoms with Gasteiger partial charge in [0.1, 0.15) is 6.10 Å².